The smallest absolute Gasteiger partial charge is 0.0827 e. The SMILES string of the molecule is CC.CCCCCCCCn1cc(CCC(C)C)nn1.CCCCCCCn1cc(CCC(C)C)nn1. The Morgan fingerprint density at radius 3 is 1.27 bits per heavy atom. The van der Waals surface area contributed by atoms with Crippen LogP contribution in [0.1, 0.15) is 150 Å². The average molecular weight is 519 g/mol. The van der Waals surface area contributed by atoms with E-state index >= 15 is 0 Å². The highest BCUT2D eigenvalue weighted by molar-refractivity contribution is 4.93. The first-order valence-electron chi connectivity index (χ1n) is 15.7. The Labute approximate surface area is 230 Å². The van der Waals surface area contributed by atoms with E-state index in [-0.39, 0.29) is 0 Å². The number of rotatable bonds is 19. The normalized spacial score (nSPS) is 10.9. The lowest BCUT2D eigenvalue weighted by atomic mass is 10.1. The first kappa shape index (κ1) is 35.3. The van der Waals surface area contributed by atoms with Crippen molar-refractivity contribution < 1.29 is 0 Å². The highest BCUT2D eigenvalue weighted by Gasteiger charge is 2.03. The first-order valence-corrected chi connectivity index (χ1v) is 15.7. The molecule has 0 unspecified atom stereocenters. The Bertz CT molecular complexity index is 719. The van der Waals surface area contributed by atoms with Crippen LogP contribution in [0.3, 0.4) is 0 Å². The zero-order chi connectivity index (χ0) is 27.7. The summed E-state index contributed by atoms with van der Waals surface area (Å²) in [6, 6.07) is 0. The van der Waals surface area contributed by atoms with Crippen LogP contribution >= 0.6 is 0 Å². The summed E-state index contributed by atoms with van der Waals surface area (Å²) in [5, 5.41) is 16.8. The van der Waals surface area contributed by atoms with Gasteiger partial charge in [0, 0.05) is 25.5 Å². The van der Waals surface area contributed by atoms with Crippen LogP contribution < -0.4 is 0 Å². The summed E-state index contributed by atoms with van der Waals surface area (Å²) in [6.45, 7) is 19.6. The molecule has 2 rings (SSSR count). The Morgan fingerprint density at radius 2 is 0.919 bits per heavy atom. The van der Waals surface area contributed by atoms with Crippen LogP contribution in [0.2, 0.25) is 0 Å². The van der Waals surface area contributed by atoms with Crippen LogP contribution in [0.25, 0.3) is 0 Å². The van der Waals surface area contributed by atoms with Gasteiger partial charge in [-0.15, -0.1) is 10.2 Å². The van der Waals surface area contributed by atoms with Crippen molar-refractivity contribution in [3.8, 4) is 0 Å². The molecule has 0 aliphatic rings. The van der Waals surface area contributed by atoms with E-state index in [1.807, 2.05) is 23.2 Å². The van der Waals surface area contributed by atoms with E-state index in [9.17, 15) is 0 Å². The highest BCUT2D eigenvalue weighted by atomic mass is 15.4. The zero-order valence-electron chi connectivity index (χ0n) is 26.0. The van der Waals surface area contributed by atoms with Gasteiger partial charge in [0.15, 0.2) is 0 Å². The van der Waals surface area contributed by atoms with E-state index in [2.05, 4.69) is 74.6 Å². The largest absolute Gasteiger partial charge is 0.252 e. The first-order chi connectivity index (χ1) is 17.9. The van der Waals surface area contributed by atoms with Gasteiger partial charge in [0.25, 0.3) is 0 Å². The molecule has 6 nitrogen and oxygen atoms in total. The lowest BCUT2D eigenvalue weighted by molar-refractivity contribution is 0.516. The summed E-state index contributed by atoms with van der Waals surface area (Å²) >= 11 is 0. The van der Waals surface area contributed by atoms with Crippen LogP contribution in [0.15, 0.2) is 12.4 Å². The number of hydrogen-bond donors (Lipinski definition) is 0. The van der Waals surface area contributed by atoms with Gasteiger partial charge in [-0.2, -0.15) is 0 Å². The van der Waals surface area contributed by atoms with Crippen LogP contribution in [0.4, 0.5) is 0 Å². The molecule has 2 aromatic heterocycles. The summed E-state index contributed by atoms with van der Waals surface area (Å²) in [5.41, 5.74) is 2.29. The monoisotopic (exact) mass is 519 g/mol. The van der Waals surface area contributed by atoms with Crippen molar-refractivity contribution in [1.29, 1.82) is 0 Å². The fraction of sp³-hybridized carbons (Fsp3) is 0.871. The van der Waals surface area contributed by atoms with E-state index in [4.69, 9.17) is 0 Å². The fourth-order valence-corrected chi connectivity index (χ4v) is 3.93. The van der Waals surface area contributed by atoms with Crippen molar-refractivity contribution in [3.63, 3.8) is 0 Å². The topological polar surface area (TPSA) is 61.4 Å². The Kier molecular flexibility index (Phi) is 23.5. The van der Waals surface area contributed by atoms with Crippen molar-refractivity contribution in [1.82, 2.24) is 30.0 Å². The van der Waals surface area contributed by atoms with Crippen molar-refractivity contribution in [2.24, 2.45) is 11.8 Å². The third kappa shape index (κ3) is 21.0. The molecular weight excluding hydrogens is 456 g/mol. The summed E-state index contributed by atoms with van der Waals surface area (Å²) < 4.78 is 4.01. The third-order valence-corrected chi connectivity index (χ3v) is 6.36. The zero-order valence-corrected chi connectivity index (χ0v) is 26.0. The fourth-order valence-electron chi connectivity index (χ4n) is 3.93. The molecule has 2 heterocycles. The van der Waals surface area contributed by atoms with Gasteiger partial charge in [-0.25, -0.2) is 0 Å². The number of nitrogens with zero attached hydrogens (tertiary/aromatic N) is 6. The van der Waals surface area contributed by atoms with Crippen molar-refractivity contribution in [2.75, 3.05) is 0 Å². The molecule has 0 radical (unpaired) electrons. The summed E-state index contributed by atoms with van der Waals surface area (Å²) in [4.78, 5) is 0. The Morgan fingerprint density at radius 1 is 0.568 bits per heavy atom. The molecule has 0 aromatic carbocycles. The summed E-state index contributed by atoms with van der Waals surface area (Å²) in [7, 11) is 0. The predicted octanol–water partition coefficient (Wildman–Crippen LogP) is 9.09. The lowest BCUT2D eigenvalue weighted by Crippen LogP contribution is -1.98. The second-order valence-electron chi connectivity index (χ2n) is 11.0. The minimum atomic E-state index is 0.744. The van der Waals surface area contributed by atoms with Crippen molar-refractivity contribution >= 4 is 0 Å². The van der Waals surface area contributed by atoms with Gasteiger partial charge in [-0.05, 0) is 50.4 Å². The van der Waals surface area contributed by atoms with Crippen LogP contribution in [-0.4, -0.2) is 30.0 Å². The van der Waals surface area contributed by atoms with Gasteiger partial charge in [0.2, 0.25) is 0 Å². The standard InChI is InChI=1S/C15H29N3.C14H27N3.C2H6/c1-4-5-6-7-8-9-12-18-13-15(16-17-18)11-10-14(2)3;1-4-5-6-7-8-11-17-12-14(15-16-17)10-9-13(2)3;1-2/h13-14H,4-12H2,1-3H3;12-13H,4-11H2,1-3H3;1-2H3. The van der Waals surface area contributed by atoms with E-state index < -0.39 is 0 Å². The lowest BCUT2D eigenvalue weighted by Gasteiger charge is -2.01. The molecule has 0 aliphatic heterocycles. The second kappa shape index (κ2) is 24.6. The van der Waals surface area contributed by atoms with E-state index in [1.54, 1.807) is 0 Å². The number of hydrogen-bond acceptors (Lipinski definition) is 4. The molecule has 0 atom stereocenters. The van der Waals surface area contributed by atoms with Crippen LogP contribution in [0.5, 0.6) is 0 Å². The quantitative estimate of drug-likeness (QED) is 0.174. The van der Waals surface area contributed by atoms with Gasteiger partial charge >= 0.3 is 0 Å². The molecule has 0 bridgehead atoms. The number of aromatic nitrogens is 6. The van der Waals surface area contributed by atoms with Gasteiger partial charge < -0.3 is 0 Å². The van der Waals surface area contributed by atoms with Crippen molar-refractivity contribution in [2.45, 2.75) is 165 Å². The average Bonchev–Trinajstić information content (AvgIpc) is 3.54. The number of unbranched alkanes of at least 4 members (excludes halogenated alkanes) is 9. The van der Waals surface area contributed by atoms with Gasteiger partial charge in [0.05, 0.1) is 11.4 Å². The molecule has 0 saturated heterocycles. The third-order valence-electron chi connectivity index (χ3n) is 6.36. The maximum atomic E-state index is 4.23. The second-order valence-corrected chi connectivity index (χ2v) is 11.0. The number of aryl methyl sites for hydroxylation is 4. The summed E-state index contributed by atoms with van der Waals surface area (Å²) in [5.74, 6) is 1.49. The molecule has 0 aliphatic carbocycles. The molecule has 0 fully saturated rings. The molecule has 37 heavy (non-hydrogen) atoms. The molecular formula is C31H62N6. The van der Waals surface area contributed by atoms with Gasteiger partial charge in [-0.3, -0.25) is 9.36 Å². The molecule has 2 aromatic rings. The van der Waals surface area contributed by atoms with Gasteiger partial charge in [-0.1, -0.05) is 124 Å². The summed E-state index contributed by atoms with van der Waals surface area (Å²) in [6.07, 6.45) is 23.3. The maximum absolute atomic E-state index is 4.23. The Balaban J connectivity index is 0.000000657. The molecule has 0 N–H and O–H groups in total. The van der Waals surface area contributed by atoms with Gasteiger partial charge in [0.1, 0.15) is 0 Å². The minimum absolute atomic E-state index is 0.744. The molecule has 6 heteroatoms. The Hall–Kier alpha value is -1.72. The van der Waals surface area contributed by atoms with E-state index in [0.717, 1.165) is 49.2 Å². The van der Waals surface area contributed by atoms with E-state index in [1.165, 1.54) is 83.5 Å². The highest BCUT2D eigenvalue weighted by Crippen LogP contribution is 2.09. The van der Waals surface area contributed by atoms with Crippen LogP contribution in [-0.2, 0) is 25.9 Å². The van der Waals surface area contributed by atoms with Crippen LogP contribution in [0, 0.1) is 11.8 Å². The molecule has 0 spiro atoms. The van der Waals surface area contributed by atoms with Crippen molar-refractivity contribution in [3.05, 3.63) is 23.8 Å². The van der Waals surface area contributed by atoms with E-state index in [0.29, 0.717) is 0 Å². The predicted molar refractivity (Wildman–Crippen MR) is 160 cm³/mol. The molecule has 0 amide bonds. The molecule has 0 saturated carbocycles. The minimum Gasteiger partial charge on any atom is -0.252 e. The maximum Gasteiger partial charge on any atom is 0.0827 e. The molecule has 216 valence electrons.